The summed E-state index contributed by atoms with van der Waals surface area (Å²) in [6, 6.07) is 2.15. The molecule has 0 fully saturated rings. The molecule has 2 atom stereocenters. The van der Waals surface area contributed by atoms with E-state index in [0.717, 1.165) is 31.6 Å². The van der Waals surface area contributed by atoms with Gasteiger partial charge >= 0.3 is 0 Å². The number of fused-ring (bicyclic) bond motifs is 1. The van der Waals surface area contributed by atoms with Gasteiger partial charge in [0.05, 0.1) is 18.8 Å². The number of thiophene rings is 1. The van der Waals surface area contributed by atoms with Crippen LogP contribution in [0.4, 0.5) is 0 Å². The summed E-state index contributed by atoms with van der Waals surface area (Å²) in [6.45, 7) is 8.41. The van der Waals surface area contributed by atoms with Crippen LogP contribution in [0, 0.1) is 6.92 Å². The normalized spacial score (nSPS) is 16.9. The Balaban J connectivity index is 1.53. The Morgan fingerprint density at radius 1 is 1.48 bits per heavy atom. The van der Waals surface area contributed by atoms with Crippen molar-refractivity contribution >= 4 is 17.2 Å². The fraction of sp³-hybridized carbons (Fsp3) is 0.529. The zero-order valence-electron chi connectivity index (χ0n) is 14.0. The van der Waals surface area contributed by atoms with Crippen LogP contribution in [0.2, 0.25) is 0 Å². The minimum absolute atomic E-state index is 0.179. The average molecular weight is 332 g/mol. The molecule has 124 valence electrons. The van der Waals surface area contributed by atoms with Crippen molar-refractivity contribution in [2.75, 3.05) is 6.54 Å². The number of rotatable bonds is 5. The van der Waals surface area contributed by atoms with E-state index in [9.17, 15) is 4.79 Å². The van der Waals surface area contributed by atoms with Crippen molar-refractivity contribution in [2.45, 2.75) is 52.4 Å². The van der Waals surface area contributed by atoms with Gasteiger partial charge in [-0.15, -0.1) is 11.3 Å². The molecule has 6 heteroatoms. The first kappa shape index (κ1) is 16.2. The molecule has 2 aromatic heterocycles. The lowest BCUT2D eigenvalue weighted by atomic mass is 10.1. The summed E-state index contributed by atoms with van der Waals surface area (Å²) in [7, 11) is 0. The molecule has 3 heterocycles. The number of hydrogen-bond donors (Lipinski definition) is 1. The van der Waals surface area contributed by atoms with Gasteiger partial charge in [0.2, 0.25) is 5.91 Å². The summed E-state index contributed by atoms with van der Waals surface area (Å²) in [5.41, 5.74) is 2.46. The van der Waals surface area contributed by atoms with E-state index in [-0.39, 0.29) is 18.0 Å². The van der Waals surface area contributed by atoms with E-state index < -0.39 is 0 Å². The molecular formula is C17H24N4OS. The lowest BCUT2D eigenvalue weighted by Gasteiger charge is -2.30. The Labute approximate surface area is 141 Å². The van der Waals surface area contributed by atoms with Gasteiger partial charge in [-0.25, -0.2) is 0 Å². The first-order chi connectivity index (χ1) is 11.0. The lowest BCUT2D eigenvalue weighted by molar-refractivity contribution is -0.134. The highest BCUT2D eigenvalue weighted by Gasteiger charge is 2.25. The molecule has 1 aliphatic rings. The molecule has 0 aromatic carbocycles. The van der Waals surface area contributed by atoms with Crippen LogP contribution >= 0.6 is 11.3 Å². The molecule has 1 N–H and O–H groups in total. The monoisotopic (exact) mass is 332 g/mol. The molecule has 0 unspecified atom stereocenters. The molecule has 0 radical (unpaired) electrons. The minimum atomic E-state index is -0.179. The van der Waals surface area contributed by atoms with Gasteiger partial charge in [-0.3, -0.25) is 9.48 Å². The van der Waals surface area contributed by atoms with Gasteiger partial charge in [0, 0.05) is 30.2 Å². The predicted molar refractivity (Wildman–Crippen MR) is 92.5 cm³/mol. The number of carbonyl (C=O) groups is 1. The van der Waals surface area contributed by atoms with Crippen LogP contribution in [0.5, 0.6) is 0 Å². The number of hydrogen-bond acceptors (Lipinski definition) is 4. The number of amides is 1. The highest BCUT2D eigenvalue weighted by Crippen LogP contribution is 2.24. The van der Waals surface area contributed by atoms with Crippen molar-refractivity contribution in [2.24, 2.45) is 0 Å². The zero-order valence-corrected chi connectivity index (χ0v) is 14.8. The molecule has 23 heavy (non-hydrogen) atoms. The summed E-state index contributed by atoms with van der Waals surface area (Å²) in [5.74, 6) is 0.186. The second-order valence-corrected chi connectivity index (χ2v) is 7.41. The molecule has 1 amide bonds. The first-order valence-electron chi connectivity index (χ1n) is 8.12. The Hall–Kier alpha value is -1.66. The van der Waals surface area contributed by atoms with Crippen LogP contribution in [0.1, 0.15) is 29.9 Å². The zero-order chi connectivity index (χ0) is 16.4. The third-order valence-corrected chi connectivity index (χ3v) is 5.27. The van der Waals surface area contributed by atoms with Crippen LogP contribution in [0.25, 0.3) is 0 Å². The maximum Gasteiger partial charge on any atom is 0.239 e. The molecule has 0 saturated carbocycles. The lowest BCUT2D eigenvalue weighted by Crippen LogP contribution is -2.49. The van der Waals surface area contributed by atoms with Gasteiger partial charge in [0.1, 0.15) is 0 Å². The summed E-state index contributed by atoms with van der Waals surface area (Å²) < 4.78 is 1.92. The maximum atomic E-state index is 12.7. The van der Waals surface area contributed by atoms with E-state index in [2.05, 4.69) is 28.8 Å². The van der Waals surface area contributed by atoms with Gasteiger partial charge in [0.15, 0.2) is 0 Å². The quantitative estimate of drug-likeness (QED) is 0.913. The van der Waals surface area contributed by atoms with E-state index in [0.29, 0.717) is 0 Å². The van der Waals surface area contributed by atoms with Gasteiger partial charge in [-0.1, -0.05) is 0 Å². The summed E-state index contributed by atoms with van der Waals surface area (Å²) in [6.07, 6.45) is 4.86. The Morgan fingerprint density at radius 3 is 3.04 bits per heavy atom. The highest BCUT2D eigenvalue weighted by atomic mass is 32.1. The van der Waals surface area contributed by atoms with E-state index in [1.54, 1.807) is 11.3 Å². The first-order valence-corrected chi connectivity index (χ1v) is 9.00. The fourth-order valence-electron chi connectivity index (χ4n) is 3.11. The second kappa shape index (κ2) is 6.84. The SMILES string of the molecule is Cc1cnn(C[C@H](C)N[C@H](C)C(=O)N2CCc3sccc3C2)c1. The number of aryl methyl sites for hydroxylation is 1. The smallest absolute Gasteiger partial charge is 0.239 e. The third-order valence-electron chi connectivity index (χ3n) is 4.25. The van der Waals surface area contributed by atoms with Gasteiger partial charge in [-0.2, -0.15) is 5.10 Å². The number of nitrogens with one attached hydrogen (secondary N) is 1. The van der Waals surface area contributed by atoms with Crippen LogP contribution in [0.3, 0.4) is 0 Å². The van der Waals surface area contributed by atoms with Crippen LogP contribution < -0.4 is 5.32 Å². The van der Waals surface area contributed by atoms with Crippen LogP contribution in [-0.2, 0) is 24.3 Å². The van der Waals surface area contributed by atoms with Gasteiger partial charge in [0.25, 0.3) is 0 Å². The molecule has 0 spiro atoms. The largest absolute Gasteiger partial charge is 0.337 e. The Bertz CT molecular complexity index is 678. The molecular weight excluding hydrogens is 308 g/mol. The van der Waals surface area contributed by atoms with Crippen molar-refractivity contribution < 1.29 is 4.79 Å². The standard InChI is InChI=1S/C17H24N4OS/c1-12-8-18-21(9-12)10-13(2)19-14(3)17(22)20-6-4-16-15(11-20)5-7-23-16/h5,7-9,13-14,19H,4,6,10-11H2,1-3H3/t13-,14+/m0/s1. The van der Waals surface area contributed by atoms with Gasteiger partial charge in [-0.05, 0) is 49.8 Å². The highest BCUT2D eigenvalue weighted by molar-refractivity contribution is 7.10. The summed E-state index contributed by atoms with van der Waals surface area (Å²) in [5, 5.41) is 9.82. The number of carbonyl (C=O) groups excluding carboxylic acids is 1. The topological polar surface area (TPSA) is 50.2 Å². The maximum absolute atomic E-state index is 12.7. The number of aromatic nitrogens is 2. The predicted octanol–water partition coefficient (Wildman–Crippen LogP) is 2.20. The van der Waals surface area contributed by atoms with Crippen LogP contribution in [-0.4, -0.2) is 39.2 Å². The second-order valence-electron chi connectivity index (χ2n) is 6.41. The Kier molecular flexibility index (Phi) is 4.82. The third kappa shape index (κ3) is 3.82. The number of nitrogens with zero attached hydrogens (tertiary/aromatic N) is 3. The minimum Gasteiger partial charge on any atom is -0.337 e. The molecule has 1 aliphatic heterocycles. The van der Waals surface area contributed by atoms with E-state index >= 15 is 0 Å². The summed E-state index contributed by atoms with van der Waals surface area (Å²) in [4.78, 5) is 16.1. The Morgan fingerprint density at radius 2 is 2.30 bits per heavy atom. The van der Waals surface area contributed by atoms with Gasteiger partial charge < -0.3 is 10.2 Å². The molecule has 0 aliphatic carbocycles. The molecule has 2 aromatic rings. The van der Waals surface area contributed by atoms with Crippen molar-refractivity contribution in [3.63, 3.8) is 0 Å². The average Bonchev–Trinajstić information content (AvgIpc) is 3.14. The summed E-state index contributed by atoms with van der Waals surface area (Å²) >= 11 is 1.80. The molecule has 0 bridgehead atoms. The molecule has 0 saturated heterocycles. The van der Waals surface area contributed by atoms with Crippen LogP contribution in [0.15, 0.2) is 23.8 Å². The van der Waals surface area contributed by atoms with Crippen molar-refractivity contribution in [3.8, 4) is 0 Å². The van der Waals surface area contributed by atoms with E-state index in [4.69, 9.17) is 0 Å². The van der Waals surface area contributed by atoms with E-state index in [1.165, 1.54) is 10.4 Å². The van der Waals surface area contributed by atoms with Crippen molar-refractivity contribution in [1.29, 1.82) is 0 Å². The fourth-order valence-corrected chi connectivity index (χ4v) is 4.00. The van der Waals surface area contributed by atoms with Crippen molar-refractivity contribution in [1.82, 2.24) is 20.0 Å². The molecule has 5 nitrogen and oxygen atoms in total. The van der Waals surface area contributed by atoms with E-state index in [1.807, 2.05) is 35.8 Å². The van der Waals surface area contributed by atoms with Crippen molar-refractivity contribution in [3.05, 3.63) is 39.8 Å². The molecule has 3 rings (SSSR count).